The van der Waals surface area contributed by atoms with Gasteiger partial charge in [-0.15, -0.1) is 0 Å². The summed E-state index contributed by atoms with van der Waals surface area (Å²) >= 11 is 26.8. The second kappa shape index (κ2) is 8.40. The molecular formula is C10H4Cl5N5O2. The van der Waals surface area contributed by atoms with Gasteiger partial charge in [-0.1, -0.05) is 23.2 Å². The molecule has 2 rings (SSSR count). The van der Waals surface area contributed by atoms with Crippen LogP contribution in [0.2, 0.25) is 20.9 Å². The topological polar surface area (TPSA) is 112 Å². The second-order valence-electron chi connectivity index (χ2n) is 3.33. The standard InChI is InChI=1S/C5HCl3N2O.C5H3Cl2N3O/c6-3-1-2(4(7)11)9-5(8)10-3;6-3-1-2(4(8)11)9-5(7)10-3/h1H;1H,(H2,8,11). The zero-order valence-electron chi connectivity index (χ0n) is 10.2. The summed E-state index contributed by atoms with van der Waals surface area (Å²) in [7, 11) is 0. The summed E-state index contributed by atoms with van der Waals surface area (Å²) in [5, 5.41) is -0.711. The summed E-state index contributed by atoms with van der Waals surface area (Å²) in [4.78, 5) is 35.1. The number of halogens is 5. The Labute approximate surface area is 148 Å². The Hall–Kier alpha value is -1.25. The number of hydrogen-bond acceptors (Lipinski definition) is 6. The molecule has 0 aliphatic carbocycles. The van der Waals surface area contributed by atoms with Crippen molar-refractivity contribution >= 4 is 69.2 Å². The molecule has 0 aliphatic rings. The van der Waals surface area contributed by atoms with Gasteiger partial charge >= 0.3 is 0 Å². The maximum absolute atomic E-state index is 10.5. The monoisotopic (exact) mass is 401 g/mol. The minimum atomic E-state index is -0.712. The first-order chi connectivity index (χ1) is 10.2. The Morgan fingerprint density at radius 3 is 1.59 bits per heavy atom. The van der Waals surface area contributed by atoms with E-state index < -0.39 is 11.1 Å². The second-order valence-corrected chi connectivity index (χ2v) is 5.12. The zero-order valence-corrected chi connectivity index (χ0v) is 14.0. The van der Waals surface area contributed by atoms with Crippen LogP contribution in [0.1, 0.15) is 21.0 Å². The van der Waals surface area contributed by atoms with E-state index in [-0.39, 0.29) is 32.3 Å². The Morgan fingerprint density at radius 1 is 0.818 bits per heavy atom. The summed E-state index contributed by atoms with van der Waals surface area (Å²) in [5.74, 6) is -0.684. The number of carbonyl (C=O) groups is 2. The molecule has 0 saturated carbocycles. The van der Waals surface area contributed by atoms with Gasteiger partial charge in [0.1, 0.15) is 21.7 Å². The van der Waals surface area contributed by atoms with Crippen molar-refractivity contribution in [2.75, 3.05) is 0 Å². The van der Waals surface area contributed by atoms with Crippen molar-refractivity contribution in [3.63, 3.8) is 0 Å². The molecule has 0 unspecified atom stereocenters. The molecule has 0 atom stereocenters. The maximum Gasteiger partial charge on any atom is 0.271 e. The molecule has 1 amide bonds. The molecule has 2 heterocycles. The fraction of sp³-hybridized carbons (Fsp3) is 0. The van der Waals surface area contributed by atoms with Crippen LogP contribution in [0.3, 0.4) is 0 Å². The third-order valence-electron chi connectivity index (χ3n) is 1.79. The number of hydrogen-bond donors (Lipinski definition) is 1. The van der Waals surface area contributed by atoms with Crippen LogP contribution in [0.25, 0.3) is 0 Å². The predicted molar refractivity (Wildman–Crippen MR) is 82.8 cm³/mol. The maximum atomic E-state index is 10.5. The third-order valence-corrected chi connectivity index (χ3v) is 2.71. The number of nitrogens with zero attached hydrogens (tertiary/aromatic N) is 4. The van der Waals surface area contributed by atoms with Crippen LogP contribution in [0, 0.1) is 0 Å². The Kier molecular flexibility index (Phi) is 7.18. The van der Waals surface area contributed by atoms with Gasteiger partial charge in [-0.05, 0) is 34.8 Å². The Bertz CT molecular complexity index is 625. The lowest BCUT2D eigenvalue weighted by molar-refractivity contribution is 0.0994. The van der Waals surface area contributed by atoms with Crippen LogP contribution < -0.4 is 5.73 Å². The predicted octanol–water partition coefficient (Wildman–Crippen LogP) is 3.04. The molecule has 0 aromatic carbocycles. The van der Waals surface area contributed by atoms with E-state index in [0.29, 0.717) is 0 Å². The fourth-order valence-corrected chi connectivity index (χ4v) is 1.92. The number of nitrogens with two attached hydrogens (primary N) is 1. The number of aromatic nitrogens is 4. The first kappa shape index (κ1) is 18.8. The third kappa shape index (κ3) is 6.25. The van der Waals surface area contributed by atoms with Crippen molar-refractivity contribution < 1.29 is 9.59 Å². The van der Waals surface area contributed by atoms with Crippen LogP contribution >= 0.6 is 58.0 Å². The first-order valence-corrected chi connectivity index (χ1v) is 6.98. The summed E-state index contributed by atoms with van der Waals surface area (Å²) in [6.45, 7) is 0. The van der Waals surface area contributed by atoms with E-state index in [2.05, 4.69) is 19.9 Å². The molecule has 116 valence electrons. The lowest BCUT2D eigenvalue weighted by Gasteiger charge is -1.94. The minimum absolute atomic E-state index is 0.00309. The summed E-state index contributed by atoms with van der Waals surface area (Å²) in [5.41, 5.74) is 4.91. The number of primary amides is 1. The minimum Gasteiger partial charge on any atom is -0.364 e. The highest BCUT2D eigenvalue weighted by Crippen LogP contribution is 2.12. The van der Waals surface area contributed by atoms with Gasteiger partial charge in [0.2, 0.25) is 10.6 Å². The van der Waals surface area contributed by atoms with Crippen LogP contribution in [-0.4, -0.2) is 31.1 Å². The lowest BCUT2D eigenvalue weighted by Crippen LogP contribution is -2.13. The van der Waals surface area contributed by atoms with Crippen molar-refractivity contribution in [3.05, 3.63) is 44.4 Å². The zero-order chi connectivity index (χ0) is 16.9. The van der Waals surface area contributed by atoms with Gasteiger partial charge < -0.3 is 5.73 Å². The molecule has 2 aromatic heterocycles. The highest BCUT2D eigenvalue weighted by Gasteiger charge is 2.06. The Balaban J connectivity index is 0.000000220. The van der Waals surface area contributed by atoms with Crippen LogP contribution in [0.4, 0.5) is 0 Å². The molecule has 0 radical (unpaired) electrons. The largest absolute Gasteiger partial charge is 0.364 e. The highest BCUT2D eigenvalue weighted by atomic mass is 35.5. The highest BCUT2D eigenvalue weighted by molar-refractivity contribution is 6.67. The van der Waals surface area contributed by atoms with E-state index in [0.717, 1.165) is 0 Å². The number of amides is 1. The fourth-order valence-electron chi connectivity index (χ4n) is 1.01. The van der Waals surface area contributed by atoms with E-state index >= 15 is 0 Å². The van der Waals surface area contributed by atoms with Gasteiger partial charge in [0.15, 0.2) is 0 Å². The number of carbonyl (C=O) groups excluding carboxylic acids is 2. The molecule has 0 saturated heterocycles. The van der Waals surface area contributed by atoms with E-state index in [1.165, 1.54) is 12.1 Å². The molecule has 7 nitrogen and oxygen atoms in total. The van der Waals surface area contributed by atoms with Gasteiger partial charge in [-0.2, -0.15) is 0 Å². The normalized spacial score (nSPS) is 9.68. The molecule has 12 heteroatoms. The lowest BCUT2D eigenvalue weighted by atomic mass is 10.4. The smallest absolute Gasteiger partial charge is 0.271 e. The summed E-state index contributed by atoms with van der Waals surface area (Å²) in [6.07, 6.45) is 0. The van der Waals surface area contributed by atoms with Gasteiger partial charge in [-0.3, -0.25) is 9.59 Å². The average Bonchev–Trinajstić information content (AvgIpc) is 2.37. The van der Waals surface area contributed by atoms with Crippen LogP contribution in [0.15, 0.2) is 12.1 Å². The molecule has 0 bridgehead atoms. The van der Waals surface area contributed by atoms with Gasteiger partial charge in [0.25, 0.3) is 11.1 Å². The molecular weight excluding hydrogens is 399 g/mol. The molecule has 22 heavy (non-hydrogen) atoms. The van der Waals surface area contributed by atoms with E-state index in [1.54, 1.807) is 0 Å². The molecule has 0 spiro atoms. The first-order valence-electron chi connectivity index (χ1n) is 5.09. The molecule has 2 aromatic rings. The SMILES string of the molecule is NC(=O)c1cc(Cl)nc(Cl)n1.O=C(Cl)c1cc(Cl)nc(Cl)n1. The number of rotatable bonds is 2. The van der Waals surface area contributed by atoms with Crippen molar-refractivity contribution in [3.8, 4) is 0 Å². The van der Waals surface area contributed by atoms with Crippen molar-refractivity contribution in [2.45, 2.75) is 0 Å². The quantitative estimate of drug-likeness (QED) is 0.469. The summed E-state index contributed by atoms with van der Waals surface area (Å²) in [6, 6.07) is 2.48. The van der Waals surface area contributed by atoms with Gasteiger partial charge in [0.05, 0.1) is 0 Å². The van der Waals surface area contributed by atoms with E-state index in [4.69, 9.17) is 63.7 Å². The van der Waals surface area contributed by atoms with Gasteiger partial charge in [-0.25, -0.2) is 19.9 Å². The molecule has 0 aliphatic heterocycles. The Morgan fingerprint density at radius 2 is 1.23 bits per heavy atom. The van der Waals surface area contributed by atoms with Crippen LogP contribution in [0.5, 0.6) is 0 Å². The van der Waals surface area contributed by atoms with E-state index in [9.17, 15) is 9.59 Å². The van der Waals surface area contributed by atoms with Crippen molar-refractivity contribution in [1.29, 1.82) is 0 Å². The van der Waals surface area contributed by atoms with Crippen molar-refractivity contribution in [1.82, 2.24) is 19.9 Å². The molecule has 0 fully saturated rings. The summed E-state index contributed by atoms with van der Waals surface area (Å²) < 4.78 is 0. The van der Waals surface area contributed by atoms with E-state index in [1.807, 2.05) is 0 Å². The molecule has 2 N–H and O–H groups in total. The van der Waals surface area contributed by atoms with Gasteiger partial charge in [0, 0.05) is 12.1 Å². The van der Waals surface area contributed by atoms with Crippen molar-refractivity contribution in [2.24, 2.45) is 5.73 Å². The van der Waals surface area contributed by atoms with Crippen LogP contribution in [-0.2, 0) is 0 Å². The average molecular weight is 403 g/mol.